The van der Waals surface area contributed by atoms with Gasteiger partial charge in [0, 0.05) is 0 Å². The summed E-state index contributed by atoms with van der Waals surface area (Å²) >= 11 is 0. The predicted molar refractivity (Wildman–Crippen MR) is 98.4 cm³/mol. The van der Waals surface area contributed by atoms with Crippen LogP contribution in [0.5, 0.6) is 11.5 Å². The Balaban J connectivity index is 1.80. The second kappa shape index (κ2) is 9.72. The first-order valence-electron chi connectivity index (χ1n) is 8.61. The molecule has 0 aromatic heterocycles. The molecule has 0 spiro atoms. The van der Waals surface area contributed by atoms with E-state index in [-0.39, 0.29) is 5.92 Å². The van der Waals surface area contributed by atoms with E-state index < -0.39 is 5.97 Å². The van der Waals surface area contributed by atoms with Crippen LogP contribution in [0.4, 0.5) is 0 Å². The van der Waals surface area contributed by atoms with Crippen molar-refractivity contribution in [3.8, 4) is 11.5 Å². The molecule has 1 N–H and O–H groups in total. The summed E-state index contributed by atoms with van der Waals surface area (Å²) in [7, 11) is 3.29. The first-order valence-corrected chi connectivity index (χ1v) is 8.61. The number of benzene rings is 2. The van der Waals surface area contributed by atoms with Crippen LogP contribution in [0.2, 0.25) is 0 Å². The van der Waals surface area contributed by atoms with Crippen LogP contribution in [0.15, 0.2) is 48.5 Å². The van der Waals surface area contributed by atoms with E-state index in [1.54, 1.807) is 14.2 Å². The first-order chi connectivity index (χ1) is 12.1. The number of carboxylic acids is 1. The molecular weight excluding hydrogens is 316 g/mol. The second-order valence-electron chi connectivity index (χ2n) is 6.16. The van der Waals surface area contributed by atoms with Gasteiger partial charge in [-0.1, -0.05) is 24.3 Å². The smallest absolute Gasteiger partial charge is 0.306 e. The molecule has 0 saturated heterocycles. The lowest BCUT2D eigenvalue weighted by atomic mass is 9.93. The molecule has 1 unspecified atom stereocenters. The molecule has 0 bridgehead atoms. The number of methoxy groups -OCH3 is 2. The minimum absolute atomic E-state index is 0.305. The summed E-state index contributed by atoms with van der Waals surface area (Å²) in [6, 6.07) is 15.8. The van der Waals surface area contributed by atoms with E-state index in [1.165, 1.54) is 5.56 Å². The monoisotopic (exact) mass is 342 g/mol. The molecular formula is C21H26O4. The maximum absolute atomic E-state index is 11.5. The Morgan fingerprint density at radius 3 is 1.76 bits per heavy atom. The number of carbonyl (C=O) groups is 1. The van der Waals surface area contributed by atoms with Crippen LogP contribution in [0, 0.1) is 5.92 Å². The van der Waals surface area contributed by atoms with Crippen molar-refractivity contribution in [1.29, 1.82) is 0 Å². The fourth-order valence-corrected chi connectivity index (χ4v) is 2.87. The Hall–Kier alpha value is -2.49. The van der Waals surface area contributed by atoms with Gasteiger partial charge in [-0.3, -0.25) is 4.79 Å². The topological polar surface area (TPSA) is 55.8 Å². The molecule has 4 nitrogen and oxygen atoms in total. The summed E-state index contributed by atoms with van der Waals surface area (Å²) in [6.45, 7) is 0. The molecule has 0 saturated carbocycles. The number of carboxylic acid groups (broad SMARTS) is 1. The molecule has 0 radical (unpaired) electrons. The number of aliphatic carboxylic acids is 1. The molecule has 134 valence electrons. The number of ether oxygens (including phenoxy) is 2. The zero-order chi connectivity index (χ0) is 18.1. The average molecular weight is 342 g/mol. The molecule has 0 amide bonds. The van der Waals surface area contributed by atoms with Crippen molar-refractivity contribution in [2.24, 2.45) is 5.92 Å². The van der Waals surface area contributed by atoms with E-state index >= 15 is 0 Å². The van der Waals surface area contributed by atoms with Gasteiger partial charge in [0.25, 0.3) is 0 Å². The van der Waals surface area contributed by atoms with Crippen molar-refractivity contribution in [2.45, 2.75) is 32.1 Å². The van der Waals surface area contributed by atoms with Gasteiger partial charge in [-0.05, 0) is 67.5 Å². The summed E-state index contributed by atoms with van der Waals surface area (Å²) in [5.74, 6) is 0.647. The lowest BCUT2D eigenvalue weighted by molar-refractivity contribution is -0.142. The molecule has 0 aliphatic rings. The van der Waals surface area contributed by atoms with Crippen LogP contribution in [0.25, 0.3) is 0 Å². The van der Waals surface area contributed by atoms with Crippen LogP contribution in [0.1, 0.15) is 30.4 Å². The number of hydrogen-bond acceptors (Lipinski definition) is 3. The highest BCUT2D eigenvalue weighted by atomic mass is 16.5. The van der Waals surface area contributed by atoms with Gasteiger partial charge in [-0.2, -0.15) is 0 Å². The Morgan fingerprint density at radius 1 is 0.840 bits per heavy atom. The minimum atomic E-state index is -0.705. The molecule has 0 fully saturated rings. The molecule has 0 aliphatic heterocycles. The van der Waals surface area contributed by atoms with Gasteiger partial charge in [0.05, 0.1) is 20.1 Å². The standard InChI is InChI=1S/C21H26O4/c1-24-19-12-7-16(8-13-19)4-3-5-18(21(22)23)11-6-17-9-14-20(25-2)15-10-17/h7-10,12-15,18H,3-6,11H2,1-2H3,(H,22,23). The summed E-state index contributed by atoms with van der Waals surface area (Å²) < 4.78 is 10.3. The van der Waals surface area contributed by atoms with Gasteiger partial charge in [-0.15, -0.1) is 0 Å². The largest absolute Gasteiger partial charge is 0.497 e. The molecule has 4 heteroatoms. The number of aryl methyl sites for hydroxylation is 2. The number of rotatable bonds is 10. The van der Waals surface area contributed by atoms with Crippen LogP contribution < -0.4 is 9.47 Å². The molecule has 0 aliphatic carbocycles. The Morgan fingerprint density at radius 2 is 1.32 bits per heavy atom. The van der Waals surface area contributed by atoms with Crippen LogP contribution in [-0.2, 0) is 17.6 Å². The molecule has 1 atom stereocenters. The van der Waals surface area contributed by atoms with Crippen molar-refractivity contribution < 1.29 is 19.4 Å². The molecule has 2 aromatic rings. The van der Waals surface area contributed by atoms with Crippen molar-refractivity contribution >= 4 is 5.97 Å². The maximum atomic E-state index is 11.5. The van der Waals surface area contributed by atoms with E-state index in [9.17, 15) is 9.90 Å². The highest BCUT2D eigenvalue weighted by molar-refractivity contribution is 5.69. The summed E-state index contributed by atoms with van der Waals surface area (Å²) in [5, 5.41) is 9.46. The van der Waals surface area contributed by atoms with Crippen LogP contribution in [0.3, 0.4) is 0 Å². The van der Waals surface area contributed by atoms with Crippen molar-refractivity contribution in [3.05, 3.63) is 59.7 Å². The van der Waals surface area contributed by atoms with E-state index in [0.29, 0.717) is 12.8 Å². The third-order valence-electron chi connectivity index (χ3n) is 4.47. The Labute approximate surface area is 149 Å². The quantitative estimate of drug-likeness (QED) is 0.697. The minimum Gasteiger partial charge on any atom is -0.497 e. The van der Waals surface area contributed by atoms with Gasteiger partial charge < -0.3 is 14.6 Å². The summed E-state index contributed by atoms with van der Waals surface area (Å²) in [5.41, 5.74) is 2.35. The van der Waals surface area contributed by atoms with Gasteiger partial charge in [0.15, 0.2) is 0 Å². The van der Waals surface area contributed by atoms with Gasteiger partial charge in [0.2, 0.25) is 0 Å². The lowest BCUT2D eigenvalue weighted by Crippen LogP contribution is -2.15. The first kappa shape index (κ1) is 18.8. The fraction of sp³-hybridized carbons (Fsp3) is 0.381. The highest BCUT2D eigenvalue weighted by Gasteiger charge is 2.17. The Kier molecular flexibility index (Phi) is 7.33. The van der Waals surface area contributed by atoms with Crippen LogP contribution in [-0.4, -0.2) is 25.3 Å². The highest BCUT2D eigenvalue weighted by Crippen LogP contribution is 2.20. The molecule has 2 rings (SSSR count). The summed E-state index contributed by atoms with van der Waals surface area (Å²) in [4.78, 5) is 11.5. The summed E-state index contributed by atoms with van der Waals surface area (Å²) in [6.07, 6.45) is 3.87. The van der Waals surface area contributed by atoms with E-state index in [1.807, 2.05) is 48.5 Å². The van der Waals surface area contributed by atoms with Gasteiger partial charge in [-0.25, -0.2) is 0 Å². The van der Waals surface area contributed by atoms with E-state index in [0.717, 1.165) is 36.3 Å². The van der Waals surface area contributed by atoms with Crippen LogP contribution >= 0.6 is 0 Å². The zero-order valence-electron chi connectivity index (χ0n) is 14.9. The van der Waals surface area contributed by atoms with Gasteiger partial charge in [0.1, 0.15) is 11.5 Å². The normalized spacial score (nSPS) is 11.8. The van der Waals surface area contributed by atoms with E-state index in [2.05, 4.69) is 0 Å². The van der Waals surface area contributed by atoms with Crippen molar-refractivity contribution in [2.75, 3.05) is 14.2 Å². The maximum Gasteiger partial charge on any atom is 0.306 e. The number of hydrogen-bond donors (Lipinski definition) is 1. The molecule has 2 aromatic carbocycles. The van der Waals surface area contributed by atoms with E-state index in [4.69, 9.17) is 9.47 Å². The molecule has 25 heavy (non-hydrogen) atoms. The average Bonchev–Trinajstić information content (AvgIpc) is 2.65. The second-order valence-corrected chi connectivity index (χ2v) is 6.16. The third kappa shape index (κ3) is 6.14. The predicted octanol–water partition coefficient (Wildman–Crippen LogP) is 4.36. The van der Waals surface area contributed by atoms with Gasteiger partial charge >= 0.3 is 5.97 Å². The fourth-order valence-electron chi connectivity index (χ4n) is 2.87. The van der Waals surface area contributed by atoms with Crippen molar-refractivity contribution in [3.63, 3.8) is 0 Å². The molecule has 0 heterocycles. The SMILES string of the molecule is COc1ccc(CCCC(CCc2ccc(OC)cc2)C(=O)O)cc1. The Bertz CT molecular complexity index is 647. The zero-order valence-corrected chi connectivity index (χ0v) is 14.9. The lowest BCUT2D eigenvalue weighted by Gasteiger charge is -2.12. The third-order valence-corrected chi connectivity index (χ3v) is 4.47. The van der Waals surface area contributed by atoms with Crippen molar-refractivity contribution in [1.82, 2.24) is 0 Å².